The van der Waals surface area contributed by atoms with Gasteiger partial charge in [-0.15, -0.1) is 0 Å². The Balaban J connectivity index is 3.52. The topological polar surface area (TPSA) is 83.5 Å². The van der Waals surface area contributed by atoms with Crippen LogP contribution in [0.2, 0.25) is 0 Å². The molecule has 1 rings (SSSR count). The molecule has 0 bridgehead atoms. The van der Waals surface area contributed by atoms with Gasteiger partial charge in [0, 0.05) is 10.0 Å². The Morgan fingerprint density at radius 3 is 2.41 bits per heavy atom. The molecule has 0 amide bonds. The Morgan fingerprint density at radius 1 is 1.47 bits per heavy atom. The van der Waals surface area contributed by atoms with E-state index < -0.39 is 12.0 Å². The van der Waals surface area contributed by atoms with Gasteiger partial charge in [0.2, 0.25) is 0 Å². The Hall–Kier alpha value is -1.07. The van der Waals surface area contributed by atoms with E-state index in [2.05, 4.69) is 15.9 Å². The van der Waals surface area contributed by atoms with Gasteiger partial charge in [-0.2, -0.15) is 0 Å². The largest absolute Gasteiger partial charge is 0.507 e. The summed E-state index contributed by atoms with van der Waals surface area (Å²) in [5.74, 6) is -1.08. The van der Waals surface area contributed by atoms with Crippen molar-refractivity contribution < 1.29 is 15.0 Å². The first kappa shape index (κ1) is 14.0. The fourth-order valence-electron chi connectivity index (χ4n) is 1.72. The molecule has 0 aliphatic rings. The monoisotopic (exact) mass is 301 g/mol. The SMILES string of the molecule is Cc1c(Br)cc(C(C)C)c(O)c1C(N)C(=O)O. The molecular formula is C12H16BrNO3. The van der Waals surface area contributed by atoms with E-state index in [0.29, 0.717) is 11.1 Å². The number of carboxylic acid groups (broad SMARTS) is 1. The van der Waals surface area contributed by atoms with Crippen LogP contribution < -0.4 is 5.73 Å². The number of hydrogen-bond donors (Lipinski definition) is 3. The van der Waals surface area contributed by atoms with E-state index in [1.807, 2.05) is 13.8 Å². The van der Waals surface area contributed by atoms with Crippen molar-refractivity contribution in [2.24, 2.45) is 5.73 Å². The van der Waals surface area contributed by atoms with Gasteiger partial charge in [0.15, 0.2) is 0 Å². The highest BCUT2D eigenvalue weighted by atomic mass is 79.9. The first-order valence-electron chi connectivity index (χ1n) is 5.27. The molecule has 0 aliphatic carbocycles. The van der Waals surface area contributed by atoms with Crippen molar-refractivity contribution in [1.82, 2.24) is 0 Å². The highest BCUT2D eigenvalue weighted by molar-refractivity contribution is 9.10. The molecule has 1 unspecified atom stereocenters. The molecule has 0 aliphatic heterocycles. The third kappa shape index (κ3) is 2.61. The van der Waals surface area contributed by atoms with Gasteiger partial charge in [-0.05, 0) is 30.0 Å². The van der Waals surface area contributed by atoms with Gasteiger partial charge in [-0.25, -0.2) is 0 Å². The van der Waals surface area contributed by atoms with Crippen LogP contribution in [0, 0.1) is 6.92 Å². The fraction of sp³-hybridized carbons (Fsp3) is 0.417. The molecule has 0 saturated carbocycles. The molecule has 0 heterocycles. The van der Waals surface area contributed by atoms with Gasteiger partial charge >= 0.3 is 5.97 Å². The maximum Gasteiger partial charge on any atom is 0.325 e. The number of hydrogen-bond acceptors (Lipinski definition) is 3. The van der Waals surface area contributed by atoms with Gasteiger partial charge in [-0.3, -0.25) is 4.79 Å². The number of phenolic OH excluding ortho intramolecular Hbond substituents is 1. The third-order valence-corrected chi connectivity index (χ3v) is 3.60. The van der Waals surface area contributed by atoms with E-state index >= 15 is 0 Å². The third-order valence-electron chi connectivity index (χ3n) is 2.77. The Bertz CT molecular complexity index is 458. The average molecular weight is 302 g/mol. The summed E-state index contributed by atoms with van der Waals surface area (Å²) in [6.45, 7) is 5.58. The number of halogens is 1. The molecule has 5 heteroatoms. The molecule has 17 heavy (non-hydrogen) atoms. The van der Waals surface area contributed by atoms with Crippen molar-refractivity contribution in [3.05, 3.63) is 27.2 Å². The van der Waals surface area contributed by atoms with Crippen molar-refractivity contribution >= 4 is 21.9 Å². The molecule has 94 valence electrons. The molecule has 4 nitrogen and oxygen atoms in total. The zero-order valence-electron chi connectivity index (χ0n) is 9.99. The summed E-state index contributed by atoms with van der Waals surface area (Å²) in [5.41, 5.74) is 7.21. The zero-order chi connectivity index (χ0) is 13.3. The van der Waals surface area contributed by atoms with E-state index in [1.165, 1.54) is 0 Å². The van der Waals surface area contributed by atoms with Crippen molar-refractivity contribution in [3.8, 4) is 5.75 Å². The molecule has 1 atom stereocenters. The molecule has 0 spiro atoms. The van der Waals surface area contributed by atoms with Crippen LogP contribution in [0.5, 0.6) is 5.75 Å². The molecular weight excluding hydrogens is 286 g/mol. The predicted octanol–water partition coefficient (Wildman–Crippen LogP) is 2.67. The summed E-state index contributed by atoms with van der Waals surface area (Å²) >= 11 is 3.36. The van der Waals surface area contributed by atoms with Gasteiger partial charge < -0.3 is 15.9 Å². The van der Waals surface area contributed by atoms with Crippen LogP contribution >= 0.6 is 15.9 Å². The normalized spacial score (nSPS) is 12.8. The summed E-state index contributed by atoms with van der Waals surface area (Å²) in [4.78, 5) is 10.9. The second kappa shape index (κ2) is 5.06. The number of benzene rings is 1. The first-order chi connectivity index (χ1) is 7.77. The van der Waals surface area contributed by atoms with Crippen LogP contribution in [0.1, 0.15) is 42.5 Å². The van der Waals surface area contributed by atoms with Gasteiger partial charge in [0.05, 0.1) is 0 Å². The van der Waals surface area contributed by atoms with E-state index in [1.54, 1.807) is 13.0 Å². The van der Waals surface area contributed by atoms with Crippen LogP contribution in [0.4, 0.5) is 0 Å². The molecule has 0 fully saturated rings. The summed E-state index contributed by atoms with van der Waals surface area (Å²) in [6, 6.07) is 0.581. The molecule has 4 N–H and O–H groups in total. The number of carboxylic acids is 1. The number of nitrogens with two attached hydrogens (primary N) is 1. The minimum atomic E-state index is -1.22. The van der Waals surface area contributed by atoms with Crippen molar-refractivity contribution in [2.45, 2.75) is 32.7 Å². The summed E-state index contributed by atoms with van der Waals surface area (Å²) in [6.07, 6.45) is 0. The number of aromatic hydroxyl groups is 1. The molecule has 0 saturated heterocycles. The Kier molecular flexibility index (Phi) is 4.16. The van der Waals surface area contributed by atoms with Crippen LogP contribution in [0.15, 0.2) is 10.5 Å². The fourth-order valence-corrected chi connectivity index (χ4v) is 2.18. The lowest BCUT2D eigenvalue weighted by atomic mass is 9.92. The molecule has 0 radical (unpaired) electrons. The molecule has 1 aromatic carbocycles. The van der Waals surface area contributed by atoms with Crippen molar-refractivity contribution in [3.63, 3.8) is 0 Å². The van der Waals surface area contributed by atoms with Crippen LogP contribution in [-0.2, 0) is 4.79 Å². The lowest BCUT2D eigenvalue weighted by Gasteiger charge is -2.19. The minimum Gasteiger partial charge on any atom is -0.507 e. The highest BCUT2D eigenvalue weighted by Gasteiger charge is 2.24. The van der Waals surface area contributed by atoms with Crippen molar-refractivity contribution in [2.75, 3.05) is 0 Å². The second-order valence-corrected chi connectivity index (χ2v) is 5.16. The van der Waals surface area contributed by atoms with E-state index in [-0.39, 0.29) is 17.2 Å². The maximum absolute atomic E-state index is 10.9. The predicted molar refractivity (Wildman–Crippen MR) is 69.2 cm³/mol. The maximum atomic E-state index is 10.9. The first-order valence-corrected chi connectivity index (χ1v) is 6.06. The summed E-state index contributed by atoms with van der Waals surface area (Å²) in [7, 11) is 0. The van der Waals surface area contributed by atoms with E-state index in [0.717, 1.165) is 4.47 Å². The van der Waals surface area contributed by atoms with Gasteiger partial charge in [0.25, 0.3) is 0 Å². The van der Waals surface area contributed by atoms with Gasteiger partial charge in [0.1, 0.15) is 11.8 Å². The van der Waals surface area contributed by atoms with Gasteiger partial charge in [-0.1, -0.05) is 29.8 Å². The minimum absolute atomic E-state index is 0.0180. The molecule has 1 aromatic rings. The zero-order valence-corrected chi connectivity index (χ0v) is 11.6. The van der Waals surface area contributed by atoms with E-state index in [9.17, 15) is 9.90 Å². The Labute approximate surface area is 109 Å². The van der Waals surface area contributed by atoms with Crippen LogP contribution in [-0.4, -0.2) is 16.2 Å². The average Bonchev–Trinajstić information content (AvgIpc) is 2.22. The smallest absolute Gasteiger partial charge is 0.325 e. The van der Waals surface area contributed by atoms with Crippen LogP contribution in [0.3, 0.4) is 0 Å². The van der Waals surface area contributed by atoms with Crippen LogP contribution in [0.25, 0.3) is 0 Å². The lowest BCUT2D eigenvalue weighted by Crippen LogP contribution is -2.22. The number of phenols is 1. The van der Waals surface area contributed by atoms with Crippen molar-refractivity contribution in [1.29, 1.82) is 0 Å². The second-order valence-electron chi connectivity index (χ2n) is 4.31. The number of aliphatic carboxylic acids is 1. The Morgan fingerprint density at radius 2 is 2.00 bits per heavy atom. The lowest BCUT2D eigenvalue weighted by molar-refractivity contribution is -0.138. The molecule has 0 aromatic heterocycles. The number of carbonyl (C=O) groups is 1. The summed E-state index contributed by atoms with van der Waals surface area (Å²) in [5, 5.41) is 19.1. The quantitative estimate of drug-likeness (QED) is 0.801. The summed E-state index contributed by atoms with van der Waals surface area (Å²) < 4.78 is 0.755. The highest BCUT2D eigenvalue weighted by Crippen LogP contribution is 2.38. The number of rotatable bonds is 3. The standard InChI is InChI=1S/C12H16BrNO3/c1-5(2)7-4-8(13)6(3)9(11(7)15)10(14)12(16)17/h4-5,10,15H,14H2,1-3H3,(H,16,17). The van der Waals surface area contributed by atoms with E-state index in [4.69, 9.17) is 10.8 Å².